The average molecular weight is 328 g/mol. The number of rotatable bonds is 7. The smallest absolute Gasteiger partial charge is 0.111 e. The largest absolute Gasteiger partial charge is 0.469 e. The highest BCUT2D eigenvalue weighted by Crippen LogP contribution is 2.28. The minimum Gasteiger partial charge on any atom is -0.469 e. The van der Waals surface area contributed by atoms with Gasteiger partial charge in [0.05, 0.1) is 25.0 Å². The molecule has 1 aliphatic rings. The molecule has 24 heavy (non-hydrogen) atoms. The molecule has 3 rings (SSSR count). The summed E-state index contributed by atoms with van der Waals surface area (Å²) in [5, 5.41) is 2.48. The lowest BCUT2D eigenvalue weighted by atomic mass is 9.88. The van der Waals surface area contributed by atoms with Crippen LogP contribution in [-0.4, -0.2) is 25.3 Å². The van der Waals surface area contributed by atoms with Crippen LogP contribution < -0.4 is 5.32 Å². The molecule has 0 aliphatic carbocycles. The number of hydrogen-bond acceptors (Lipinski definition) is 2. The van der Waals surface area contributed by atoms with Crippen molar-refractivity contribution in [2.24, 2.45) is 5.92 Å². The fourth-order valence-electron chi connectivity index (χ4n) is 3.85. The number of hydrogen-bond donors (Lipinski definition) is 1. The Bertz CT molecular complexity index is 592. The van der Waals surface area contributed by atoms with Gasteiger partial charge in [0.15, 0.2) is 0 Å². The van der Waals surface area contributed by atoms with Crippen molar-refractivity contribution in [1.29, 1.82) is 0 Å². The number of quaternary nitrogens is 1. The van der Waals surface area contributed by atoms with E-state index < -0.39 is 0 Å². The van der Waals surface area contributed by atoms with Gasteiger partial charge in [-0.1, -0.05) is 30.3 Å². The van der Waals surface area contributed by atoms with Crippen molar-refractivity contribution in [1.82, 2.24) is 0 Å². The van der Waals surface area contributed by atoms with Crippen LogP contribution in [-0.2, 0) is 4.74 Å². The summed E-state index contributed by atoms with van der Waals surface area (Å²) in [7, 11) is 0. The maximum atomic E-state index is 5.82. The van der Waals surface area contributed by atoms with Crippen LogP contribution in [0.15, 0.2) is 53.1 Å². The standard InChI is InChI=1S/C21H29NO2/c1-21(2)15-17(11-14-24-21)16-22-12-10-19(20-9-6-13-23-20)18-7-4-3-5-8-18/h3-9,13,17,19,22H,10-12,14-16H2,1-2H3/p+1/t17-,19+/m1/s1. The van der Waals surface area contributed by atoms with Crippen molar-refractivity contribution in [3.63, 3.8) is 0 Å². The first-order valence-corrected chi connectivity index (χ1v) is 9.18. The van der Waals surface area contributed by atoms with Gasteiger partial charge in [-0.05, 0) is 44.4 Å². The molecule has 3 heteroatoms. The minimum atomic E-state index is 0.0531. The zero-order valence-electron chi connectivity index (χ0n) is 14.9. The molecule has 3 nitrogen and oxygen atoms in total. The van der Waals surface area contributed by atoms with Crippen LogP contribution in [0, 0.1) is 5.92 Å². The van der Waals surface area contributed by atoms with Gasteiger partial charge < -0.3 is 14.5 Å². The van der Waals surface area contributed by atoms with E-state index in [1.54, 1.807) is 6.26 Å². The molecule has 0 radical (unpaired) electrons. The predicted octanol–water partition coefficient (Wildman–Crippen LogP) is 3.57. The fraction of sp³-hybridized carbons (Fsp3) is 0.524. The quantitative estimate of drug-likeness (QED) is 0.789. The first-order valence-electron chi connectivity index (χ1n) is 9.18. The molecule has 0 unspecified atom stereocenters. The van der Waals surface area contributed by atoms with Crippen molar-refractivity contribution in [2.75, 3.05) is 19.7 Å². The van der Waals surface area contributed by atoms with Crippen LogP contribution in [0.3, 0.4) is 0 Å². The molecule has 130 valence electrons. The first-order chi connectivity index (χ1) is 11.6. The SMILES string of the molecule is CC1(C)C[C@H](C[NH2+]CC[C@@H](c2ccccc2)c2ccco2)CCO1. The lowest BCUT2D eigenvalue weighted by molar-refractivity contribution is -0.661. The van der Waals surface area contributed by atoms with Crippen LogP contribution in [0.5, 0.6) is 0 Å². The summed E-state index contributed by atoms with van der Waals surface area (Å²) in [6.07, 6.45) is 5.24. The molecule has 1 saturated heterocycles. The van der Waals surface area contributed by atoms with Gasteiger partial charge in [-0.3, -0.25) is 0 Å². The maximum absolute atomic E-state index is 5.82. The van der Waals surface area contributed by atoms with E-state index in [1.807, 2.05) is 6.07 Å². The summed E-state index contributed by atoms with van der Waals surface area (Å²) in [6, 6.07) is 14.8. The molecule has 0 spiro atoms. The molecule has 0 amide bonds. The number of ether oxygens (including phenoxy) is 1. The highest BCUT2D eigenvalue weighted by atomic mass is 16.5. The van der Waals surface area contributed by atoms with Crippen LogP contribution in [0.2, 0.25) is 0 Å². The molecule has 1 aliphatic heterocycles. The minimum absolute atomic E-state index is 0.0531. The van der Waals surface area contributed by atoms with Gasteiger partial charge in [0, 0.05) is 24.9 Å². The highest BCUT2D eigenvalue weighted by Gasteiger charge is 2.29. The average Bonchev–Trinajstić information content (AvgIpc) is 3.09. The van der Waals surface area contributed by atoms with E-state index in [0.717, 1.165) is 31.3 Å². The second-order valence-electron chi connectivity index (χ2n) is 7.55. The van der Waals surface area contributed by atoms with Crippen LogP contribution in [0.1, 0.15) is 50.4 Å². The van der Waals surface area contributed by atoms with E-state index in [9.17, 15) is 0 Å². The number of benzene rings is 1. The molecule has 1 aromatic heterocycles. The van der Waals surface area contributed by atoms with E-state index in [0.29, 0.717) is 5.92 Å². The normalized spacial score (nSPS) is 21.5. The Morgan fingerprint density at radius 1 is 1.17 bits per heavy atom. The molecule has 2 N–H and O–H groups in total. The summed E-state index contributed by atoms with van der Waals surface area (Å²) in [4.78, 5) is 0. The third-order valence-corrected chi connectivity index (χ3v) is 5.05. The molecular formula is C21H30NO2+. The van der Waals surface area contributed by atoms with E-state index in [1.165, 1.54) is 24.9 Å². The van der Waals surface area contributed by atoms with E-state index >= 15 is 0 Å². The van der Waals surface area contributed by atoms with Crippen molar-refractivity contribution in [3.05, 3.63) is 60.1 Å². The third kappa shape index (κ3) is 4.71. The van der Waals surface area contributed by atoms with Gasteiger partial charge in [-0.25, -0.2) is 0 Å². The van der Waals surface area contributed by atoms with Gasteiger partial charge >= 0.3 is 0 Å². The second kappa shape index (κ2) is 8.00. The molecule has 2 aromatic rings. The Kier molecular flexibility index (Phi) is 5.75. The Morgan fingerprint density at radius 3 is 2.71 bits per heavy atom. The molecular weight excluding hydrogens is 298 g/mol. The Morgan fingerprint density at radius 2 is 2.00 bits per heavy atom. The summed E-state index contributed by atoms with van der Waals surface area (Å²) in [6.45, 7) is 7.65. The van der Waals surface area contributed by atoms with Gasteiger partial charge in [0.1, 0.15) is 5.76 Å². The summed E-state index contributed by atoms with van der Waals surface area (Å²) < 4.78 is 11.5. The predicted molar refractivity (Wildman–Crippen MR) is 96.0 cm³/mol. The topological polar surface area (TPSA) is 39.0 Å². The molecule has 2 heterocycles. The van der Waals surface area contributed by atoms with E-state index in [-0.39, 0.29) is 5.60 Å². The zero-order valence-corrected chi connectivity index (χ0v) is 14.9. The molecule has 2 atom stereocenters. The van der Waals surface area contributed by atoms with E-state index in [4.69, 9.17) is 9.15 Å². The molecule has 1 aromatic carbocycles. The van der Waals surface area contributed by atoms with Crippen LogP contribution in [0.4, 0.5) is 0 Å². The summed E-state index contributed by atoms with van der Waals surface area (Å²) in [5.74, 6) is 2.19. The summed E-state index contributed by atoms with van der Waals surface area (Å²) >= 11 is 0. The second-order valence-corrected chi connectivity index (χ2v) is 7.55. The van der Waals surface area contributed by atoms with Crippen molar-refractivity contribution >= 4 is 0 Å². The monoisotopic (exact) mass is 328 g/mol. The summed E-state index contributed by atoms with van der Waals surface area (Å²) in [5.41, 5.74) is 1.39. The van der Waals surface area contributed by atoms with Crippen molar-refractivity contribution < 1.29 is 14.5 Å². The molecule has 0 saturated carbocycles. The van der Waals surface area contributed by atoms with Crippen molar-refractivity contribution in [2.45, 2.75) is 44.6 Å². The Hall–Kier alpha value is -1.58. The zero-order chi connectivity index (χ0) is 16.8. The van der Waals surface area contributed by atoms with E-state index in [2.05, 4.69) is 55.6 Å². The van der Waals surface area contributed by atoms with Crippen LogP contribution in [0.25, 0.3) is 0 Å². The first kappa shape index (κ1) is 17.2. The van der Waals surface area contributed by atoms with Gasteiger partial charge in [-0.2, -0.15) is 0 Å². The number of furan rings is 1. The molecule has 1 fully saturated rings. The Balaban J connectivity index is 1.51. The molecule has 0 bridgehead atoms. The van der Waals surface area contributed by atoms with Gasteiger partial charge in [0.2, 0.25) is 0 Å². The number of nitrogens with two attached hydrogens (primary N) is 1. The maximum Gasteiger partial charge on any atom is 0.111 e. The van der Waals surface area contributed by atoms with Crippen molar-refractivity contribution in [3.8, 4) is 0 Å². The van der Waals surface area contributed by atoms with Gasteiger partial charge in [0.25, 0.3) is 0 Å². The Labute approximate surface area is 145 Å². The fourth-order valence-corrected chi connectivity index (χ4v) is 3.85. The van der Waals surface area contributed by atoms with Crippen LogP contribution >= 0.6 is 0 Å². The lowest BCUT2D eigenvalue weighted by Gasteiger charge is -2.34. The van der Waals surface area contributed by atoms with Gasteiger partial charge in [-0.15, -0.1) is 0 Å². The highest BCUT2D eigenvalue weighted by molar-refractivity contribution is 5.26. The lowest BCUT2D eigenvalue weighted by Crippen LogP contribution is -2.86. The third-order valence-electron chi connectivity index (χ3n) is 5.05.